The van der Waals surface area contributed by atoms with Gasteiger partial charge in [0.1, 0.15) is 11.6 Å². The average Bonchev–Trinajstić information content (AvgIpc) is 3.29. The third-order valence-electron chi connectivity index (χ3n) is 6.30. The van der Waals surface area contributed by atoms with Gasteiger partial charge in [-0.25, -0.2) is 12.9 Å². The Kier molecular flexibility index (Phi) is 9.01. The lowest BCUT2D eigenvalue weighted by Crippen LogP contribution is -2.42. The summed E-state index contributed by atoms with van der Waals surface area (Å²) >= 11 is 0. The Morgan fingerprint density at radius 2 is 1.90 bits per heavy atom. The van der Waals surface area contributed by atoms with E-state index in [1.54, 1.807) is 18.3 Å². The van der Waals surface area contributed by atoms with Crippen LogP contribution in [0.3, 0.4) is 0 Å². The number of carbonyl (C=O) groups excluding carboxylic acids is 1. The summed E-state index contributed by atoms with van der Waals surface area (Å²) in [5.74, 6) is -0.0409. The highest BCUT2D eigenvalue weighted by Gasteiger charge is 2.30. The predicted molar refractivity (Wildman–Crippen MR) is 142 cm³/mol. The molecule has 4 rings (SSSR count). The molecule has 1 aromatic heterocycles. The molecule has 39 heavy (non-hydrogen) atoms. The average molecular weight is 564 g/mol. The Morgan fingerprint density at radius 1 is 1.15 bits per heavy atom. The Balaban J connectivity index is 1.42. The number of furan rings is 1. The number of nitrogens with one attached hydrogen (secondary N) is 1. The van der Waals surface area contributed by atoms with Crippen molar-refractivity contribution >= 4 is 28.7 Å². The summed E-state index contributed by atoms with van der Waals surface area (Å²) in [5.41, 5.74) is 1.68. The molecule has 0 saturated carbocycles. The number of hydrogen-bond donors (Lipinski definition) is 1. The highest BCUT2D eigenvalue weighted by molar-refractivity contribution is 7.82. The molecule has 1 amide bonds. The lowest BCUT2D eigenvalue weighted by atomic mass is 10.0. The molecule has 6 nitrogen and oxygen atoms in total. The quantitative estimate of drug-likeness (QED) is 0.393. The smallest absolute Gasteiger partial charge is 0.416 e. The molecule has 1 unspecified atom stereocenters. The molecule has 1 atom stereocenters. The Bertz CT molecular complexity index is 1360. The van der Waals surface area contributed by atoms with E-state index in [2.05, 4.69) is 10.3 Å². The minimum atomic E-state index is -4.43. The molecule has 0 fully saturated rings. The third-order valence-corrected chi connectivity index (χ3v) is 7.82. The number of fused-ring (bicyclic) bond motifs is 1. The van der Waals surface area contributed by atoms with Crippen LogP contribution in [0.4, 0.5) is 17.6 Å². The molecular formula is C28H29F4N3O3S. The molecule has 1 aliphatic carbocycles. The van der Waals surface area contributed by atoms with Gasteiger partial charge in [-0.15, -0.1) is 0 Å². The van der Waals surface area contributed by atoms with E-state index < -0.39 is 22.7 Å². The van der Waals surface area contributed by atoms with E-state index in [-0.39, 0.29) is 42.4 Å². The normalized spacial score (nSPS) is 20.2. The second kappa shape index (κ2) is 12.3. The van der Waals surface area contributed by atoms with Crippen molar-refractivity contribution in [3.63, 3.8) is 0 Å². The molecule has 0 saturated heterocycles. The molecule has 0 radical (unpaired) electrons. The molecule has 11 heteroatoms. The van der Waals surface area contributed by atoms with Crippen molar-refractivity contribution in [1.29, 1.82) is 0 Å². The van der Waals surface area contributed by atoms with Gasteiger partial charge in [0.2, 0.25) is 11.0 Å². The maximum absolute atomic E-state index is 13.6. The van der Waals surface area contributed by atoms with Gasteiger partial charge in [-0.05, 0) is 56.5 Å². The van der Waals surface area contributed by atoms with Gasteiger partial charge in [0, 0.05) is 48.8 Å². The molecule has 2 heterocycles. The molecule has 1 aliphatic heterocycles. The van der Waals surface area contributed by atoms with Crippen LogP contribution in [0.15, 0.2) is 74.6 Å². The lowest BCUT2D eigenvalue weighted by Gasteiger charge is -2.23. The fraction of sp³-hybridized carbons (Fsp3) is 0.357. The zero-order chi connectivity index (χ0) is 28.2. The number of rotatable bonds is 8. The number of aryl methyl sites for hydroxylation is 1. The Hall–Kier alpha value is -3.31. The van der Waals surface area contributed by atoms with Gasteiger partial charge in [0.25, 0.3) is 0 Å². The summed E-state index contributed by atoms with van der Waals surface area (Å²) in [7, 11) is -1.77. The summed E-state index contributed by atoms with van der Waals surface area (Å²) in [6, 6.07) is 6.06. The first-order chi connectivity index (χ1) is 18.5. The van der Waals surface area contributed by atoms with Crippen molar-refractivity contribution in [3.05, 3.63) is 82.5 Å². The Morgan fingerprint density at radius 3 is 2.59 bits per heavy atom. The monoisotopic (exact) mass is 563 g/mol. The van der Waals surface area contributed by atoms with Gasteiger partial charge >= 0.3 is 6.18 Å². The van der Waals surface area contributed by atoms with Gasteiger partial charge < -0.3 is 9.73 Å². The number of hydrogen-bond acceptors (Lipinski definition) is 4. The summed E-state index contributed by atoms with van der Waals surface area (Å²) in [6.07, 6.45) is 4.12. The first-order valence-corrected chi connectivity index (χ1v) is 13.7. The first-order valence-electron chi connectivity index (χ1n) is 12.5. The maximum Gasteiger partial charge on any atom is 0.416 e. The van der Waals surface area contributed by atoms with Crippen LogP contribution in [0, 0.1) is 0 Å². The second-order valence-corrected chi connectivity index (χ2v) is 10.9. The third kappa shape index (κ3) is 7.42. The molecule has 0 spiro atoms. The lowest BCUT2D eigenvalue weighted by molar-refractivity contribution is -0.137. The van der Waals surface area contributed by atoms with Crippen LogP contribution in [0.1, 0.15) is 55.6 Å². The molecule has 1 N–H and O–H groups in total. The van der Waals surface area contributed by atoms with Gasteiger partial charge in [-0.3, -0.25) is 9.79 Å². The number of carbonyl (C=O) groups is 1. The highest BCUT2D eigenvalue weighted by Crippen LogP contribution is 2.30. The van der Waals surface area contributed by atoms with Crippen molar-refractivity contribution < 1.29 is 31.0 Å². The van der Waals surface area contributed by atoms with Gasteiger partial charge in [0.15, 0.2) is 11.0 Å². The summed E-state index contributed by atoms with van der Waals surface area (Å²) in [5, 5.41) is 3.01. The minimum absolute atomic E-state index is 0.160. The predicted octanol–water partition coefficient (Wildman–Crippen LogP) is 6.13. The van der Waals surface area contributed by atoms with Gasteiger partial charge in [-0.2, -0.15) is 13.2 Å². The molecule has 2 aromatic rings. The van der Waals surface area contributed by atoms with E-state index in [0.717, 1.165) is 17.7 Å². The van der Waals surface area contributed by atoms with Crippen molar-refractivity contribution in [2.75, 3.05) is 13.1 Å². The molecular weight excluding hydrogens is 534 g/mol. The largest absolute Gasteiger partial charge is 0.450 e. The topological polar surface area (TPSA) is 74.9 Å². The van der Waals surface area contributed by atoms with Crippen molar-refractivity contribution in [3.8, 4) is 0 Å². The molecule has 0 bridgehead atoms. The SMILES string of the molecule is CC(C)N(CC(=O)NC/C1=C/C(c2ccc(C(F)(F)F)cc2)=N/C=C\CC1)S(=O)c1cc2c(o1)CCC(F)=C2. The van der Waals surface area contributed by atoms with E-state index in [4.69, 9.17) is 4.42 Å². The number of benzene rings is 1. The zero-order valence-electron chi connectivity index (χ0n) is 21.6. The highest BCUT2D eigenvalue weighted by atomic mass is 32.2. The summed E-state index contributed by atoms with van der Waals surface area (Å²) in [6.45, 7) is 3.66. The maximum atomic E-state index is 13.6. The second-order valence-electron chi connectivity index (χ2n) is 9.55. The van der Waals surface area contributed by atoms with Crippen LogP contribution in [-0.4, -0.2) is 39.3 Å². The number of amides is 1. The fourth-order valence-corrected chi connectivity index (χ4v) is 5.41. The van der Waals surface area contributed by atoms with E-state index in [1.165, 1.54) is 22.5 Å². The van der Waals surface area contributed by atoms with Crippen LogP contribution in [0.5, 0.6) is 0 Å². The van der Waals surface area contributed by atoms with Crippen LogP contribution in [-0.2, 0) is 28.4 Å². The number of aliphatic imine (C=N–C) groups is 1. The molecule has 208 valence electrons. The number of halogens is 4. The zero-order valence-corrected chi connectivity index (χ0v) is 22.4. The van der Waals surface area contributed by atoms with Gasteiger partial charge in [-0.1, -0.05) is 18.2 Å². The summed E-state index contributed by atoms with van der Waals surface area (Å²) in [4.78, 5) is 17.2. The van der Waals surface area contributed by atoms with Crippen LogP contribution in [0.2, 0.25) is 0 Å². The van der Waals surface area contributed by atoms with Crippen LogP contribution < -0.4 is 5.32 Å². The first kappa shape index (κ1) is 28.7. The standard InChI is InChI=1S/C28H29F4N3O3S/c1-18(2)35(39(37)27-15-21-14-23(29)10-11-25(21)38-27)17-26(36)34-16-19-5-3-4-12-33-24(13-19)20-6-8-22(9-7-20)28(30,31)32/h4,6-9,12-15,18H,3,5,10-11,16-17H2,1-2H3,(H,34,36)/b12-4-,19-13+,33-24-. The van der Waals surface area contributed by atoms with Gasteiger partial charge in [0.05, 0.1) is 17.8 Å². The van der Waals surface area contributed by atoms with E-state index >= 15 is 0 Å². The molecule has 1 aromatic carbocycles. The van der Waals surface area contributed by atoms with Crippen molar-refractivity contribution in [1.82, 2.24) is 9.62 Å². The summed E-state index contributed by atoms with van der Waals surface area (Å²) < 4.78 is 72.9. The number of allylic oxidation sites excluding steroid dienone is 3. The van der Waals surface area contributed by atoms with E-state index in [1.807, 2.05) is 19.9 Å². The van der Waals surface area contributed by atoms with E-state index in [0.29, 0.717) is 41.9 Å². The molecule has 2 aliphatic rings. The number of alkyl halides is 3. The minimum Gasteiger partial charge on any atom is -0.450 e. The Labute approximate surface area is 226 Å². The van der Waals surface area contributed by atoms with Crippen LogP contribution in [0.25, 0.3) is 6.08 Å². The van der Waals surface area contributed by atoms with E-state index in [9.17, 15) is 26.6 Å². The fourth-order valence-electron chi connectivity index (χ4n) is 4.16. The van der Waals surface area contributed by atoms with Crippen molar-refractivity contribution in [2.45, 2.75) is 56.8 Å². The number of nitrogens with zero attached hydrogens (tertiary/aromatic N) is 2. The van der Waals surface area contributed by atoms with Crippen LogP contribution >= 0.6 is 0 Å². The van der Waals surface area contributed by atoms with Crippen molar-refractivity contribution in [2.24, 2.45) is 4.99 Å².